The average molecular weight is 353 g/mol. The van der Waals surface area contributed by atoms with Gasteiger partial charge in [-0.3, -0.25) is 0 Å². The minimum absolute atomic E-state index is 0.00137. The molecule has 3 nitrogen and oxygen atoms in total. The highest BCUT2D eigenvalue weighted by molar-refractivity contribution is 6.62. The Hall–Kier alpha value is -2.30. The van der Waals surface area contributed by atoms with Gasteiger partial charge in [0.05, 0.1) is 23.5 Å². The van der Waals surface area contributed by atoms with Crippen molar-refractivity contribution in [3.8, 4) is 0 Å². The van der Waals surface area contributed by atoms with Crippen LogP contribution in [0.25, 0.3) is 32.7 Å². The summed E-state index contributed by atoms with van der Waals surface area (Å²) < 4.78 is 93.8. The number of rotatable bonds is 1. The topological polar surface area (TPSA) is 31.6 Å². The van der Waals surface area contributed by atoms with Crippen LogP contribution < -0.4 is 5.46 Å². The van der Waals surface area contributed by atoms with Gasteiger partial charge in [0, 0.05) is 16.2 Å². The molecule has 4 heteroatoms. The van der Waals surface area contributed by atoms with E-state index in [0.717, 1.165) is 0 Å². The molecule has 0 radical (unpaired) electrons. The van der Waals surface area contributed by atoms with Crippen LogP contribution in [-0.4, -0.2) is 18.3 Å². The maximum atomic E-state index is 8.93. The van der Waals surface area contributed by atoms with Crippen LogP contribution in [0.5, 0.6) is 0 Å². The van der Waals surface area contributed by atoms with E-state index in [-0.39, 0.29) is 56.3 Å². The number of hydrogen-bond donors (Lipinski definition) is 0. The standard InChI is InChI=1S/C22H21BO3/c1-21(2)22(3,4)26-23(25-21)15-10-12-19-18(13-15)17-11-9-14-7-5-6-8-16(14)20(17)24-19/h5-13H,1-4H3/i5D,6D,7D,8D,9D,10D,11D,12D,13D. The van der Waals surface area contributed by atoms with E-state index >= 15 is 0 Å². The van der Waals surface area contributed by atoms with Gasteiger partial charge in [0.1, 0.15) is 11.2 Å². The third-order valence-electron chi connectivity index (χ3n) is 5.19. The van der Waals surface area contributed by atoms with Crippen molar-refractivity contribution in [3.05, 3.63) is 54.4 Å². The van der Waals surface area contributed by atoms with Crippen LogP contribution in [-0.2, 0) is 9.31 Å². The van der Waals surface area contributed by atoms with Gasteiger partial charge in [-0.05, 0) is 50.6 Å². The number of furan rings is 1. The van der Waals surface area contributed by atoms with E-state index in [1.807, 2.05) is 27.7 Å². The smallest absolute Gasteiger partial charge is 0.455 e. The lowest BCUT2D eigenvalue weighted by Crippen LogP contribution is -2.41. The molecule has 3 aromatic carbocycles. The molecule has 0 spiro atoms. The highest BCUT2D eigenvalue weighted by atomic mass is 16.7. The van der Waals surface area contributed by atoms with Crippen molar-refractivity contribution in [3.63, 3.8) is 0 Å². The monoisotopic (exact) mass is 353 g/mol. The largest absolute Gasteiger partial charge is 0.494 e. The second-order valence-electron chi connectivity index (χ2n) is 7.39. The molecule has 0 saturated carbocycles. The van der Waals surface area contributed by atoms with Gasteiger partial charge in [-0.15, -0.1) is 0 Å². The van der Waals surface area contributed by atoms with E-state index in [1.165, 1.54) is 0 Å². The lowest BCUT2D eigenvalue weighted by atomic mass is 9.78. The molecule has 1 saturated heterocycles. The third-order valence-corrected chi connectivity index (χ3v) is 5.19. The maximum absolute atomic E-state index is 8.93. The molecule has 1 aliphatic heterocycles. The first-order chi connectivity index (χ1) is 16.1. The molecule has 26 heavy (non-hydrogen) atoms. The summed E-state index contributed by atoms with van der Waals surface area (Å²) >= 11 is 0. The van der Waals surface area contributed by atoms with Crippen LogP contribution in [0.1, 0.15) is 40.0 Å². The Morgan fingerprint density at radius 2 is 1.54 bits per heavy atom. The molecule has 4 aromatic rings. The van der Waals surface area contributed by atoms with E-state index in [9.17, 15) is 0 Å². The van der Waals surface area contributed by atoms with Crippen molar-refractivity contribution in [2.24, 2.45) is 0 Å². The summed E-state index contributed by atoms with van der Waals surface area (Å²) in [6, 6.07) is -3.82. The summed E-state index contributed by atoms with van der Waals surface area (Å²) in [6.45, 7) is 7.28. The van der Waals surface area contributed by atoms with E-state index in [0.29, 0.717) is 0 Å². The maximum Gasteiger partial charge on any atom is 0.494 e. The summed E-state index contributed by atoms with van der Waals surface area (Å²) in [6.07, 6.45) is 0. The summed E-state index contributed by atoms with van der Waals surface area (Å²) in [4.78, 5) is 0. The Morgan fingerprint density at radius 3 is 2.31 bits per heavy atom. The van der Waals surface area contributed by atoms with Gasteiger partial charge in [-0.25, -0.2) is 0 Å². The summed E-state index contributed by atoms with van der Waals surface area (Å²) in [5.41, 5.74) is -1.84. The molecule has 1 aromatic heterocycles. The van der Waals surface area contributed by atoms with Crippen molar-refractivity contribution < 1.29 is 26.1 Å². The molecule has 1 fully saturated rings. The van der Waals surface area contributed by atoms with Crippen LogP contribution in [0.2, 0.25) is 0 Å². The fraction of sp³-hybridized carbons (Fsp3) is 0.273. The third kappa shape index (κ3) is 2.16. The molecule has 130 valence electrons. The van der Waals surface area contributed by atoms with Crippen LogP contribution in [0.4, 0.5) is 0 Å². The predicted octanol–water partition coefficient (Wildman–Crippen LogP) is 5.04. The summed E-state index contributed by atoms with van der Waals surface area (Å²) in [7, 11) is -1.12. The van der Waals surface area contributed by atoms with E-state index in [2.05, 4.69) is 0 Å². The lowest BCUT2D eigenvalue weighted by molar-refractivity contribution is 0.00578. The first-order valence-electron chi connectivity index (χ1n) is 12.8. The van der Waals surface area contributed by atoms with Crippen LogP contribution >= 0.6 is 0 Å². The first-order valence-corrected chi connectivity index (χ1v) is 8.33. The van der Waals surface area contributed by atoms with E-state index < -0.39 is 54.6 Å². The van der Waals surface area contributed by atoms with Gasteiger partial charge < -0.3 is 13.7 Å². The van der Waals surface area contributed by atoms with Crippen molar-refractivity contribution in [2.75, 3.05) is 0 Å². The second kappa shape index (κ2) is 5.12. The molecule has 0 bridgehead atoms. The quantitative estimate of drug-likeness (QED) is 0.450. The molecule has 1 aliphatic rings. The average Bonchev–Trinajstić information content (AvgIpc) is 3.26. The lowest BCUT2D eigenvalue weighted by Gasteiger charge is -2.32. The number of hydrogen-bond acceptors (Lipinski definition) is 3. The Morgan fingerprint density at radius 1 is 0.808 bits per heavy atom. The second-order valence-corrected chi connectivity index (χ2v) is 7.39. The Balaban J connectivity index is 1.97. The molecule has 0 N–H and O–H groups in total. The minimum atomic E-state index is -1.12. The molecular weight excluding hydrogens is 323 g/mol. The Labute approximate surface area is 165 Å². The minimum Gasteiger partial charge on any atom is -0.455 e. The molecule has 2 heterocycles. The van der Waals surface area contributed by atoms with Crippen LogP contribution in [0, 0.1) is 0 Å². The van der Waals surface area contributed by atoms with Gasteiger partial charge in [0.2, 0.25) is 0 Å². The zero-order valence-corrected chi connectivity index (χ0v) is 14.8. The summed E-state index contributed by atoms with van der Waals surface area (Å²) in [5, 5.41) is -0.314. The van der Waals surface area contributed by atoms with E-state index in [4.69, 9.17) is 26.1 Å². The highest BCUT2D eigenvalue weighted by Crippen LogP contribution is 2.37. The Bertz CT molecular complexity index is 1590. The van der Waals surface area contributed by atoms with Gasteiger partial charge in [0.15, 0.2) is 0 Å². The molecular formula is C22H21BO3. The summed E-state index contributed by atoms with van der Waals surface area (Å²) in [5.74, 6) is 0. The van der Waals surface area contributed by atoms with Crippen molar-refractivity contribution in [1.29, 1.82) is 0 Å². The van der Waals surface area contributed by atoms with Crippen molar-refractivity contribution in [2.45, 2.75) is 38.9 Å². The van der Waals surface area contributed by atoms with Crippen molar-refractivity contribution >= 4 is 45.3 Å². The van der Waals surface area contributed by atoms with Gasteiger partial charge in [-0.1, -0.05) is 42.3 Å². The molecule has 0 aliphatic carbocycles. The van der Waals surface area contributed by atoms with Gasteiger partial charge in [0.25, 0.3) is 0 Å². The first kappa shape index (κ1) is 9.07. The fourth-order valence-corrected chi connectivity index (χ4v) is 3.00. The predicted molar refractivity (Wildman–Crippen MR) is 107 cm³/mol. The zero-order valence-electron chi connectivity index (χ0n) is 23.8. The number of benzene rings is 3. The van der Waals surface area contributed by atoms with Crippen LogP contribution in [0.3, 0.4) is 0 Å². The molecule has 0 atom stereocenters. The SMILES string of the molecule is [2H]c1c(B2OC(C)(C)C(C)(C)O2)c([2H])c2c(oc3c4c([2H])c([2H])c([2H])c([2H])c4c([2H])c([2H])c32)c1[2H]. The number of fused-ring (bicyclic) bond motifs is 5. The van der Waals surface area contributed by atoms with Gasteiger partial charge >= 0.3 is 7.12 Å². The van der Waals surface area contributed by atoms with E-state index in [1.54, 1.807) is 0 Å². The molecule has 0 amide bonds. The normalized spacial score (nSPS) is 23.8. The molecule has 5 rings (SSSR count). The Kier molecular flexibility index (Phi) is 1.79. The fourth-order valence-electron chi connectivity index (χ4n) is 3.00. The van der Waals surface area contributed by atoms with Crippen LogP contribution in [0.15, 0.2) is 58.8 Å². The zero-order chi connectivity index (χ0) is 25.9. The molecule has 0 unspecified atom stereocenters. The van der Waals surface area contributed by atoms with Crippen molar-refractivity contribution in [1.82, 2.24) is 0 Å². The van der Waals surface area contributed by atoms with Gasteiger partial charge in [-0.2, -0.15) is 0 Å². The highest BCUT2D eigenvalue weighted by Gasteiger charge is 2.51.